The number of aromatic amines is 1. The summed E-state index contributed by atoms with van der Waals surface area (Å²) in [5.41, 5.74) is 2.95. The Morgan fingerprint density at radius 3 is 2.79 bits per heavy atom. The number of amides is 1. The molecule has 2 N–H and O–H groups in total. The summed E-state index contributed by atoms with van der Waals surface area (Å²) in [6, 6.07) is 17.9. The highest BCUT2D eigenvalue weighted by atomic mass is 32.1. The van der Waals surface area contributed by atoms with E-state index in [1.807, 2.05) is 54.0 Å². The Labute approximate surface area is 200 Å². The van der Waals surface area contributed by atoms with Gasteiger partial charge in [0.1, 0.15) is 5.75 Å². The zero-order chi connectivity index (χ0) is 23.2. The number of carbonyl (C=O) groups excluding carboxylic acids is 1. The number of thiazole rings is 1. The predicted molar refractivity (Wildman–Crippen MR) is 133 cm³/mol. The molecule has 0 saturated carbocycles. The normalized spacial score (nSPS) is 10.7. The number of aryl methyl sites for hydroxylation is 1. The average Bonchev–Trinajstić information content (AvgIpc) is 3.35. The van der Waals surface area contributed by atoms with Crippen molar-refractivity contribution in [2.24, 2.45) is 0 Å². The average molecular weight is 478 g/mol. The maximum atomic E-state index is 12.6. The molecule has 2 aromatic carbocycles. The van der Waals surface area contributed by atoms with Gasteiger partial charge in [0.2, 0.25) is 0 Å². The minimum Gasteiger partial charge on any atom is -0.483 e. The molecule has 0 atom stereocenters. The van der Waals surface area contributed by atoms with Gasteiger partial charge < -0.3 is 4.74 Å². The summed E-state index contributed by atoms with van der Waals surface area (Å²) in [7, 11) is 0. The van der Waals surface area contributed by atoms with E-state index < -0.39 is 0 Å². The maximum Gasteiger partial charge on any atom is 0.264 e. The third-order valence-electron chi connectivity index (χ3n) is 4.88. The summed E-state index contributed by atoms with van der Waals surface area (Å²) in [5, 5.41) is 10.4. The fraction of sp³-hybridized carbons (Fsp3) is 0.167. The number of anilines is 1. The van der Waals surface area contributed by atoms with Gasteiger partial charge in [-0.25, -0.2) is 4.98 Å². The first kappa shape index (κ1) is 22.6. The molecule has 0 fully saturated rings. The Bertz CT molecular complexity index is 1320. The van der Waals surface area contributed by atoms with E-state index in [4.69, 9.17) is 17.0 Å². The molecule has 0 spiro atoms. The summed E-state index contributed by atoms with van der Waals surface area (Å²) in [4.78, 5) is 17.9. The number of hydrogen-bond donors (Lipinski definition) is 2. The van der Waals surface area contributed by atoms with E-state index in [-0.39, 0.29) is 12.5 Å². The number of para-hydroxylation sites is 1. The summed E-state index contributed by atoms with van der Waals surface area (Å²) < 4.78 is 8.18. The van der Waals surface area contributed by atoms with Crippen LogP contribution < -0.4 is 10.1 Å². The molecule has 33 heavy (non-hydrogen) atoms. The Morgan fingerprint density at radius 2 is 2.00 bits per heavy atom. The van der Waals surface area contributed by atoms with Crippen molar-refractivity contribution in [3.8, 4) is 16.5 Å². The predicted octanol–water partition coefficient (Wildman–Crippen LogP) is 5.17. The number of nitrogens with zero attached hydrogens (tertiary/aromatic N) is 3. The van der Waals surface area contributed by atoms with Crippen molar-refractivity contribution in [2.45, 2.75) is 19.9 Å². The molecule has 0 aliphatic heterocycles. The van der Waals surface area contributed by atoms with Crippen LogP contribution in [-0.4, -0.2) is 32.3 Å². The Balaban J connectivity index is 1.42. The second-order valence-electron chi connectivity index (χ2n) is 7.29. The Hall–Kier alpha value is -3.56. The van der Waals surface area contributed by atoms with Crippen LogP contribution in [0.5, 0.6) is 5.75 Å². The zero-order valence-electron chi connectivity index (χ0n) is 18.1. The highest BCUT2D eigenvalue weighted by Gasteiger charge is 2.17. The Morgan fingerprint density at radius 1 is 1.24 bits per heavy atom. The van der Waals surface area contributed by atoms with Crippen LogP contribution in [0.25, 0.3) is 10.7 Å². The fourth-order valence-corrected chi connectivity index (χ4v) is 4.54. The summed E-state index contributed by atoms with van der Waals surface area (Å²) >= 11 is 6.62. The second kappa shape index (κ2) is 10.4. The summed E-state index contributed by atoms with van der Waals surface area (Å²) in [6.45, 7) is 6.04. The fourth-order valence-electron chi connectivity index (χ4n) is 3.35. The number of rotatable bonds is 9. The molecule has 0 aliphatic rings. The molecular formula is C24H23N5O2S2. The topological polar surface area (TPSA) is 84.8 Å². The third kappa shape index (κ3) is 5.44. The van der Waals surface area contributed by atoms with Crippen LogP contribution in [-0.2, 0) is 17.8 Å². The van der Waals surface area contributed by atoms with Gasteiger partial charge in [0, 0.05) is 13.0 Å². The molecule has 4 aromatic rings. The van der Waals surface area contributed by atoms with Crippen molar-refractivity contribution >= 4 is 34.6 Å². The van der Waals surface area contributed by atoms with E-state index in [9.17, 15) is 4.79 Å². The molecule has 2 aromatic heterocycles. The van der Waals surface area contributed by atoms with Crippen LogP contribution in [0, 0.1) is 11.7 Å². The third-order valence-corrected chi connectivity index (χ3v) is 6.27. The van der Waals surface area contributed by atoms with E-state index in [1.54, 1.807) is 6.08 Å². The molecule has 0 unspecified atom stereocenters. The van der Waals surface area contributed by atoms with Gasteiger partial charge in [0.15, 0.2) is 22.3 Å². The molecule has 4 rings (SSSR count). The number of ether oxygens (including phenoxy) is 1. The van der Waals surface area contributed by atoms with Crippen molar-refractivity contribution in [1.82, 2.24) is 19.7 Å². The minimum absolute atomic E-state index is 0.116. The van der Waals surface area contributed by atoms with Crippen LogP contribution in [0.2, 0.25) is 0 Å². The van der Waals surface area contributed by atoms with Gasteiger partial charge in [-0.2, -0.15) is 5.10 Å². The molecule has 0 radical (unpaired) electrons. The van der Waals surface area contributed by atoms with E-state index in [0.29, 0.717) is 28.0 Å². The second-order valence-corrected chi connectivity index (χ2v) is 8.68. The first-order valence-electron chi connectivity index (χ1n) is 10.3. The maximum absolute atomic E-state index is 12.6. The van der Waals surface area contributed by atoms with Gasteiger partial charge in [0.25, 0.3) is 5.91 Å². The minimum atomic E-state index is -0.283. The smallest absolute Gasteiger partial charge is 0.264 e. The largest absolute Gasteiger partial charge is 0.483 e. The molecular weight excluding hydrogens is 454 g/mol. The summed E-state index contributed by atoms with van der Waals surface area (Å²) in [5.74, 6) is 1.07. The van der Waals surface area contributed by atoms with Gasteiger partial charge in [-0.15, -0.1) is 6.58 Å². The number of allylic oxidation sites excluding steroid dienone is 1. The van der Waals surface area contributed by atoms with Crippen molar-refractivity contribution in [3.63, 3.8) is 0 Å². The van der Waals surface area contributed by atoms with Crippen LogP contribution in [0.4, 0.5) is 5.13 Å². The number of aromatic nitrogens is 4. The highest BCUT2D eigenvalue weighted by molar-refractivity contribution is 7.71. The number of carbonyl (C=O) groups is 1. The van der Waals surface area contributed by atoms with E-state index in [2.05, 4.69) is 39.2 Å². The van der Waals surface area contributed by atoms with Gasteiger partial charge in [-0.05, 0) is 36.3 Å². The molecule has 2 heterocycles. The van der Waals surface area contributed by atoms with Crippen molar-refractivity contribution < 1.29 is 9.53 Å². The summed E-state index contributed by atoms with van der Waals surface area (Å²) in [6.07, 6.45) is 2.48. The first-order chi connectivity index (χ1) is 16.0. The lowest BCUT2D eigenvalue weighted by atomic mass is 10.0. The molecule has 168 valence electrons. The van der Waals surface area contributed by atoms with Crippen LogP contribution in [0.1, 0.15) is 16.8 Å². The molecule has 7 nitrogen and oxygen atoms in total. The van der Waals surface area contributed by atoms with Crippen LogP contribution in [0.15, 0.2) is 67.3 Å². The highest BCUT2D eigenvalue weighted by Crippen LogP contribution is 2.31. The number of H-pyrrole nitrogens is 1. The number of hydrogen-bond acceptors (Lipinski definition) is 6. The zero-order valence-corrected chi connectivity index (χ0v) is 19.7. The van der Waals surface area contributed by atoms with E-state index in [1.165, 1.54) is 16.9 Å². The quantitative estimate of drug-likeness (QED) is 0.257. The van der Waals surface area contributed by atoms with Gasteiger partial charge in [0.05, 0.1) is 10.6 Å². The standard InChI is InChI=1S/C24H23N5O2S2/c1-3-13-29-22(27-28-24(29)32)21-16(2)25-23(33-21)26-20(30)15-31-19-12-8-7-11-18(19)14-17-9-5-4-6-10-17/h3-12H,1,13-15H2,2H3,(H,28,32)(H,25,26,30). The lowest BCUT2D eigenvalue weighted by molar-refractivity contribution is -0.118. The van der Waals surface area contributed by atoms with Crippen molar-refractivity contribution in [3.05, 3.63) is 88.8 Å². The van der Waals surface area contributed by atoms with Crippen LogP contribution in [0.3, 0.4) is 0 Å². The van der Waals surface area contributed by atoms with Crippen molar-refractivity contribution in [1.29, 1.82) is 0 Å². The van der Waals surface area contributed by atoms with E-state index in [0.717, 1.165) is 22.6 Å². The lowest BCUT2D eigenvalue weighted by Gasteiger charge is -2.11. The molecule has 9 heteroatoms. The first-order valence-corrected chi connectivity index (χ1v) is 11.6. The monoisotopic (exact) mass is 477 g/mol. The molecule has 0 bridgehead atoms. The SMILES string of the molecule is C=CCn1c(-c2sc(NC(=O)COc3ccccc3Cc3ccccc3)nc2C)n[nH]c1=S. The molecule has 0 aliphatic carbocycles. The lowest BCUT2D eigenvalue weighted by Crippen LogP contribution is -2.20. The number of nitrogens with one attached hydrogen (secondary N) is 2. The molecule has 0 saturated heterocycles. The van der Waals surface area contributed by atoms with Gasteiger partial charge >= 0.3 is 0 Å². The van der Waals surface area contributed by atoms with Gasteiger partial charge in [-0.1, -0.05) is 65.9 Å². The van der Waals surface area contributed by atoms with Crippen LogP contribution >= 0.6 is 23.6 Å². The van der Waals surface area contributed by atoms with Gasteiger partial charge in [-0.3, -0.25) is 19.8 Å². The van der Waals surface area contributed by atoms with E-state index >= 15 is 0 Å². The number of benzene rings is 2. The van der Waals surface area contributed by atoms with Crippen molar-refractivity contribution in [2.75, 3.05) is 11.9 Å². The Kier molecular flexibility index (Phi) is 7.11. The molecule has 1 amide bonds.